The third-order valence-electron chi connectivity index (χ3n) is 2.56. The van der Waals surface area contributed by atoms with Gasteiger partial charge < -0.3 is 15.4 Å². The maximum atomic E-state index is 11.8. The van der Waals surface area contributed by atoms with Gasteiger partial charge in [0.25, 0.3) is 0 Å². The Kier molecular flexibility index (Phi) is 5.41. The Morgan fingerprint density at radius 1 is 1.58 bits per heavy atom. The molecule has 1 fully saturated rings. The molecule has 0 saturated heterocycles. The van der Waals surface area contributed by atoms with E-state index in [1.807, 2.05) is 6.92 Å². The summed E-state index contributed by atoms with van der Waals surface area (Å²) in [6, 6.07) is 0.570. The van der Waals surface area contributed by atoms with Crippen LogP contribution < -0.4 is 10.6 Å². The third-order valence-corrected chi connectivity index (χ3v) is 4.60. The number of thioether (sulfide) groups is 1. The molecular formula is C11H18N4O2S2. The van der Waals surface area contributed by atoms with Crippen LogP contribution in [0.3, 0.4) is 0 Å². The summed E-state index contributed by atoms with van der Waals surface area (Å²) in [5.41, 5.74) is 0. The van der Waals surface area contributed by atoms with Crippen molar-refractivity contribution in [2.24, 2.45) is 0 Å². The van der Waals surface area contributed by atoms with Gasteiger partial charge in [0.1, 0.15) is 0 Å². The average Bonchev–Trinajstić information content (AvgIpc) is 3.09. The van der Waals surface area contributed by atoms with E-state index in [9.17, 15) is 4.79 Å². The van der Waals surface area contributed by atoms with Gasteiger partial charge in [-0.05, 0) is 19.8 Å². The Hall–Kier alpha value is -0.860. The molecule has 1 aromatic rings. The molecule has 1 aliphatic carbocycles. The van der Waals surface area contributed by atoms with E-state index in [2.05, 4.69) is 20.8 Å². The van der Waals surface area contributed by atoms with Gasteiger partial charge in [-0.25, -0.2) is 0 Å². The Bertz CT molecular complexity index is 423. The van der Waals surface area contributed by atoms with E-state index in [4.69, 9.17) is 4.74 Å². The van der Waals surface area contributed by atoms with E-state index >= 15 is 0 Å². The third kappa shape index (κ3) is 4.96. The highest BCUT2D eigenvalue weighted by atomic mass is 32.2. The molecule has 0 bridgehead atoms. The van der Waals surface area contributed by atoms with Crippen molar-refractivity contribution in [3.63, 3.8) is 0 Å². The van der Waals surface area contributed by atoms with Gasteiger partial charge in [0.2, 0.25) is 11.0 Å². The van der Waals surface area contributed by atoms with Gasteiger partial charge in [-0.15, -0.1) is 10.2 Å². The molecule has 106 valence electrons. The van der Waals surface area contributed by atoms with Gasteiger partial charge in [0, 0.05) is 19.7 Å². The second-order valence-corrected chi connectivity index (χ2v) is 6.90. The Labute approximate surface area is 120 Å². The molecule has 1 amide bonds. The van der Waals surface area contributed by atoms with Crippen molar-refractivity contribution in [1.29, 1.82) is 0 Å². The number of ether oxygens (including phenoxy) is 1. The number of hydrogen-bond donors (Lipinski definition) is 2. The topological polar surface area (TPSA) is 76.1 Å². The number of nitrogens with one attached hydrogen (secondary N) is 2. The zero-order valence-electron chi connectivity index (χ0n) is 11.0. The van der Waals surface area contributed by atoms with Crippen LogP contribution in [0.4, 0.5) is 5.13 Å². The maximum absolute atomic E-state index is 11.8. The van der Waals surface area contributed by atoms with Crippen LogP contribution in [0.1, 0.15) is 19.8 Å². The molecule has 8 heteroatoms. The Morgan fingerprint density at radius 3 is 3.05 bits per heavy atom. The van der Waals surface area contributed by atoms with Crippen molar-refractivity contribution >= 4 is 34.1 Å². The molecule has 2 rings (SSSR count). The van der Waals surface area contributed by atoms with Crippen LogP contribution in [0.5, 0.6) is 0 Å². The lowest BCUT2D eigenvalue weighted by Gasteiger charge is -2.09. The van der Waals surface area contributed by atoms with E-state index in [-0.39, 0.29) is 11.2 Å². The summed E-state index contributed by atoms with van der Waals surface area (Å²) in [5.74, 6) is -0.00560. The zero-order valence-corrected chi connectivity index (χ0v) is 12.6. The van der Waals surface area contributed by atoms with Crippen LogP contribution in [0.2, 0.25) is 0 Å². The van der Waals surface area contributed by atoms with Gasteiger partial charge >= 0.3 is 0 Å². The fraction of sp³-hybridized carbons (Fsp3) is 0.727. The molecular weight excluding hydrogens is 284 g/mol. The second kappa shape index (κ2) is 7.06. The number of carbonyl (C=O) groups is 1. The normalized spacial score (nSPS) is 16.1. The monoisotopic (exact) mass is 302 g/mol. The highest BCUT2D eigenvalue weighted by molar-refractivity contribution is 8.02. The summed E-state index contributed by atoms with van der Waals surface area (Å²) < 4.78 is 5.70. The molecule has 0 unspecified atom stereocenters. The van der Waals surface area contributed by atoms with Gasteiger partial charge in [0.05, 0.1) is 11.9 Å². The first-order chi connectivity index (χ1) is 9.19. The number of carbonyl (C=O) groups excluding carboxylic acids is 1. The minimum Gasteiger partial charge on any atom is -0.383 e. The SMILES string of the molecule is COCCNC(=O)[C@@H](C)Sc1nnc(NC2CC2)s1. The average molecular weight is 302 g/mol. The maximum Gasteiger partial charge on any atom is 0.233 e. The number of rotatable bonds is 8. The van der Waals surface area contributed by atoms with Gasteiger partial charge in [0.15, 0.2) is 4.34 Å². The van der Waals surface area contributed by atoms with E-state index in [0.717, 1.165) is 9.47 Å². The van der Waals surface area contributed by atoms with E-state index in [1.54, 1.807) is 7.11 Å². The van der Waals surface area contributed by atoms with Crippen LogP contribution >= 0.6 is 23.1 Å². The van der Waals surface area contributed by atoms with Crippen molar-refractivity contribution in [2.45, 2.75) is 35.4 Å². The second-order valence-electron chi connectivity index (χ2n) is 4.34. The predicted molar refractivity (Wildman–Crippen MR) is 76.8 cm³/mol. The molecule has 19 heavy (non-hydrogen) atoms. The summed E-state index contributed by atoms with van der Waals surface area (Å²) in [6.45, 7) is 2.92. The van der Waals surface area contributed by atoms with E-state index in [0.29, 0.717) is 19.2 Å². The molecule has 1 aliphatic rings. The van der Waals surface area contributed by atoms with Crippen LogP contribution in [-0.4, -0.2) is 47.7 Å². The molecule has 1 saturated carbocycles. The number of anilines is 1. The Morgan fingerprint density at radius 2 is 2.37 bits per heavy atom. The summed E-state index contributed by atoms with van der Waals surface area (Å²) in [5, 5.41) is 14.9. The first-order valence-electron chi connectivity index (χ1n) is 6.22. The minimum absolute atomic E-state index is 0.00560. The van der Waals surface area contributed by atoms with E-state index in [1.165, 1.54) is 35.9 Å². The standard InChI is InChI=1S/C11H18N4O2S2/c1-7(9(16)12-5-6-17-2)18-11-15-14-10(19-11)13-8-3-4-8/h7-8H,3-6H2,1-2H3,(H,12,16)(H,13,14)/t7-/m1/s1. The fourth-order valence-corrected chi connectivity index (χ4v) is 3.34. The fourth-order valence-electron chi connectivity index (χ4n) is 1.34. The van der Waals surface area contributed by atoms with Crippen LogP contribution in [0.25, 0.3) is 0 Å². The Balaban J connectivity index is 1.75. The van der Waals surface area contributed by atoms with Crippen molar-refractivity contribution in [1.82, 2.24) is 15.5 Å². The summed E-state index contributed by atoms with van der Waals surface area (Å²) >= 11 is 2.93. The quantitative estimate of drug-likeness (QED) is 0.558. The highest BCUT2D eigenvalue weighted by Crippen LogP contribution is 2.31. The number of aromatic nitrogens is 2. The number of amides is 1. The lowest BCUT2D eigenvalue weighted by molar-refractivity contribution is -0.120. The summed E-state index contributed by atoms with van der Waals surface area (Å²) in [4.78, 5) is 11.8. The van der Waals surface area contributed by atoms with Crippen molar-refractivity contribution in [3.8, 4) is 0 Å². The van der Waals surface area contributed by atoms with Crippen LogP contribution in [-0.2, 0) is 9.53 Å². The molecule has 2 N–H and O–H groups in total. The van der Waals surface area contributed by atoms with Crippen molar-refractivity contribution in [2.75, 3.05) is 25.6 Å². The number of nitrogens with zero attached hydrogens (tertiary/aromatic N) is 2. The minimum atomic E-state index is -0.182. The molecule has 6 nitrogen and oxygen atoms in total. The summed E-state index contributed by atoms with van der Waals surface area (Å²) in [7, 11) is 1.61. The predicted octanol–water partition coefficient (Wildman–Crippen LogP) is 1.36. The summed E-state index contributed by atoms with van der Waals surface area (Å²) in [6.07, 6.45) is 2.42. The molecule has 0 aromatic carbocycles. The van der Waals surface area contributed by atoms with E-state index < -0.39 is 0 Å². The molecule has 1 aromatic heterocycles. The molecule has 1 heterocycles. The van der Waals surface area contributed by atoms with Gasteiger partial charge in [-0.1, -0.05) is 23.1 Å². The lowest BCUT2D eigenvalue weighted by atomic mass is 10.4. The largest absolute Gasteiger partial charge is 0.383 e. The van der Waals surface area contributed by atoms with Gasteiger partial charge in [-0.3, -0.25) is 4.79 Å². The molecule has 0 aliphatic heterocycles. The lowest BCUT2D eigenvalue weighted by Crippen LogP contribution is -2.33. The van der Waals surface area contributed by atoms with Crippen molar-refractivity contribution in [3.05, 3.63) is 0 Å². The number of methoxy groups -OCH3 is 1. The highest BCUT2D eigenvalue weighted by Gasteiger charge is 2.23. The first kappa shape index (κ1) is 14.5. The zero-order chi connectivity index (χ0) is 13.7. The molecule has 0 radical (unpaired) electrons. The molecule has 0 spiro atoms. The number of hydrogen-bond acceptors (Lipinski definition) is 7. The van der Waals surface area contributed by atoms with Crippen LogP contribution in [0, 0.1) is 0 Å². The smallest absolute Gasteiger partial charge is 0.233 e. The molecule has 1 atom stereocenters. The van der Waals surface area contributed by atoms with Crippen molar-refractivity contribution < 1.29 is 9.53 Å². The first-order valence-corrected chi connectivity index (χ1v) is 7.92. The van der Waals surface area contributed by atoms with Crippen LogP contribution in [0.15, 0.2) is 4.34 Å². The van der Waals surface area contributed by atoms with Gasteiger partial charge in [-0.2, -0.15) is 0 Å².